The van der Waals surface area contributed by atoms with E-state index in [-0.39, 0.29) is 0 Å². The van der Waals surface area contributed by atoms with Gasteiger partial charge in [-0.2, -0.15) is 0 Å². The van der Waals surface area contributed by atoms with E-state index in [2.05, 4.69) is 0 Å². The summed E-state index contributed by atoms with van der Waals surface area (Å²) in [4.78, 5) is 11.2. The first-order chi connectivity index (χ1) is 6.33. The van der Waals surface area contributed by atoms with Gasteiger partial charge < -0.3 is 0 Å². The molecule has 0 aliphatic heterocycles. The van der Waals surface area contributed by atoms with Gasteiger partial charge >= 0.3 is 0 Å². The molecule has 0 aromatic heterocycles. The van der Waals surface area contributed by atoms with E-state index in [1.54, 1.807) is 5.54 Å². The summed E-state index contributed by atoms with van der Waals surface area (Å²) in [7, 11) is 0. The molecule has 0 atom stereocenters. The van der Waals surface area contributed by atoms with Gasteiger partial charge in [-0.05, 0) is 25.7 Å². The molecule has 2 heteroatoms. The summed E-state index contributed by atoms with van der Waals surface area (Å²) in [5, 5.41) is 0. The Labute approximate surface area is 84.5 Å². The number of carbonyl (C=O) groups excluding carboxylic acids is 1. The summed E-state index contributed by atoms with van der Waals surface area (Å²) >= 11 is 5.67. The molecule has 0 amide bonds. The molecule has 1 aliphatic rings. The van der Waals surface area contributed by atoms with Gasteiger partial charge in [-0.1, -0.05) is 29.3 Å². The zero-order valence-corrected chi connectivity index (χ0v) is 8.52. The van der Waals surface area contributed by atoms with Gasteiger partial charge in [-0.3, -0.25) is 4.79 Å². The third-order valence-corrected chi connectivity index (χ3v) is 2.56. The second-order valence-corrected chi connectivity index (χ2v) is 3.61. The van der Waals surface area contributed by atoms with Gasteiger partial charge in [0.1, 0.15) is 5.78 Å². The molecule has 0 spiro atoms. The molecule has 0 radical (unpaired) electrons. The van der Waals surface area contributed by atoms with Gasteiger partial charge in [-0.15, -0.1) is 0 Å². The zero-order valence-electron chi connectivity index (χ0n) is 7.76. The van der Waals surface area contributed by atoms with Crippen molar-refractivity contribution in [1.82, 2.24) is 0 Å². The van der Waals surface area contributed by atoms with Crippen molar-refractivity contribution in [3.05, 3.63) is 23.3 Å². The first-order valence-corrected chi connectivity index (χ1v) is 5.21. The van der Waals surface area contributed by atoms with Crippen LogP contribution in [0.15, 0.2) is 23.3 Å². The predicted octanol–water partition coefficient (Wildman–Crippen LogP) is 3.59. The molecular weight excluding hydrogens is 184 g/mol. The van der Waals surface area contributed by atoms with E-state index < -0.39 is 0 Å². The lowest BCUT2D eigenvalue weighted by molar-refractivity contribution is -0.118. The van der Waals surface area contributed by atoms with Crippen LogP contribution in [0.1, 0.15) is 38.5 Å². The first-order valence-electron chi connectivity index (χ1n) is 4.78. The zero-order chi connectivity index (χ0) is 9.52. The third-order valence-electron chi connectivity index (χ3n) is 2.25. The molecule has 0 unspecified atom stereocenters. The molecule has 0 N–H and O–H groups in total. The molecule has 1 nitrogen and oxygen atoms in total. The Morgan fingerprint density at radius 1 is 1.15 bits per heavy atom. The quantitative estimate of drug-likeness (QED) is 0.544. The maximum absolute atomic E-state index is 11.2. The van der Waals surface area contributed by atoms with Gasteiger partial charge in [-0.25, -0.2) is 0 Å². The van der Waals surface area contributed by atoms with Crippen LogP contribution >= 0.6 is 11.6 Å². The predicted molar refractivity (Wildman–Crippen MR) is 55.8 cm³/mol. The monoisotopic (exact) mass is 198 g/mol. The van der Waals surface area contributed by atoms with E-state index in [0.29, 0.717) is 12.2 Å². The van der Waals surface area contributed by atoms with Crippen molar-refractivity contribution < 1.29 is 4.79 Å². The standard InChI is InChI=1S/C11H15ClO/c12-9-10-5-1-3-7-11(13)8-4-2-6-10/h1,3,9H,2,4-8H2/b3-1-,10-9+. The lowest BCUT2D eigenvalue weighted by Crippen LogP contribution is -1.97. The molecule has 1 rings (SSSR count). The van der Waals surface area contributed by atoms with Crippen LogP contribution in [0.4, 0.5) is 0 Å². The highest BCUT2D eigenvalue weighted by Gasteiger charge is 2.02. The summed E-state index contributed by atoms with van der Waals surface area (Å²) in [6.45, 7) is 0. The first kappa shape index (κ1) is 10.5. The Morgan fingerprint density at radius 2 is 1.85 bits per heavy atom. The highest BCUT2D eigenvalue weighted by atomic mass is 35.5. The fourth-order valence-corrected chi connectivity index (χ4v) is 1.63. The smallest absolute Gasteiger partial charge is 0.136 e. The van der Waals surface area contributed by atoms with E-state index in [1.165, 1.54) is 5.57 Å². The average molecular weight is 199 g/mol. The van der Waals surface area contributed by atoms with Crippen LogP contribution < -0.4 is 0 Å². The van der Waals surface area contributed by atoms with E-state index >= 15 is 0 Å². The number of carbonyl (C=O) groups is 1. The minimum Gasteiger partial charge on any atom is -0.299 e. The van der Waals surface area contributed by atoms with Crippen molar-refractivity contribution in [2.24, 2.45) is 0 Å². The molecule has 0 heterocycles. The highest BCUT2D eigenvalue weighted by Crippen LogP contribution is 2.16. The van der Waals surface area contributed by atoms with Gasteiger partial charge in [0, 0.05) is 18.4 Å². The van der Waals surface area contributed by atoms with E-state index in [4.69, 9.17) is 11.6 Å². The number of Topliss-reactive ketones (excluding diaryl/α,β-unsaturated/α-hetero) is 1. The van der Waals surface area contributed by atoms with Crippen molar-refractivity contribution in [2.45, 2.75) is 38.5 Å². The number of hydrogen-bond donors (Lipinski definition) is 0. The van der Waals surface area contributed by atoms with E-state index in [9.17, 15) is 4.79 Å². The number of allylic oxidation sites excluding steroid dienone is 3. The second kappa shape index (κ2) is 5.98. The molecule has 72 valence electrons. The molecule has 0 fully saturated rings. The van der Waals surface area contributed by atoms with Crippen LogP contribution in [-0.4, -0.2) is 5.78 Å². The van der Waals surface area contributed by atoms with Gasteiger partial charge in [0.2, 0.25) is 0 Å². The average Bonchev–Trinajstić information content (AvgIpc) is 2.16. The topological polar surface area (TPSA) is 17.1 Å². The Morgan fingerprint density at radius 3 is 2.62 bits per heavy atom. The molecule has 0 saturated carbocycles. The lowest BCUT2D eigenvalue weighted by atomic mass is 10.0. The van der Waals surface area contributed by atoms with Crippen molar-refractivity contribution in [3.8, 4) is 0 Å². The normalized spacial score (nSPS) is 25.9. The van der Waals surface area contributed by atoms with Crippen LogP contribution in [0.5, 0.6) is 0 Å². The van der Waals surface area contributed by atoms with Gasteiger partial charge in [0.15, 0.2) is 0 Å². The van der Waals surface area contributed by atoms with Gasteiger partial charge in [0.25, 0.3) is 0 Å². The van der Waals surface area contributed by atoms with Crippen molar-refractivity contribution in [1.29, 1.82) is 0 Å². The van der Waals surface area contributed by atoms with Crippen LogP contribution in [0.3, 0.4) is 0 Å². The van der Waals surface area contributed by atoms with Crippen molar-refractivity contribution >= 4 is 17.4 Å². The third kappa shape index (κ3) is 4.28. The Hall–Kier alpha value is -0.560. The largest absolute Gasteiger partial charge is 0.299 e. The van der Waals surface area contributed by atoms with E-state index in [0.717, 1.165) is 32.1 Å². The Balaban J connectivity index is 2.51. The molecule has 0 saturated heterocycles. The lowest BCUT2D eigenvalue weighted by Gasteiger charge is -2.05. The molecule has 0 aromatic carbocycles. The van der Waals surface area contributed by atoms with Crippen LogP contribution in [-0.2, 0) is 4.79 Å². The summed E-state index contributed by atoms with van der Waals surface area (Å²) in [5.74, 6) is 0.356. The minimum atomic E-state index is 0.356. The second-order valence-electron chi connectivity index (χ2n) is 3.39. The highest BCUT2D eigenvalue weighted by molar-refractivity contribution is 6.25. The summed E-state index contributed by atoms with van der Waals surface area (Å²) < 4.78 is 0. The number of ketones is 1. The van der Waals surface area contributed by atoms with Crippen LogP contribution in [0.2, 0.25) is 0 Å². The maximum atomic E-state index is 11.2. The van der Waals surface area contributed by atoms with Crippen molar-refractivity contribution in [2.75, 3.05) is 0 Å². The molecule has 13 heavy (non-hydrogen) atoms. The maximum Gasteiger partial charge on any atom is 0.136 e. The van der Waals surface area contributed by atoms with Gasteiger partial charge in [0.05, 0.1) is 0 Å². The van der Waals surface area contributed by atoms with E-state index in [1.807, 2.05) is 12.2 Å². The fraction of sp³-hybridized carbons (Fsp3) is 0.545. The number of halogens is 1. The molecule has 1 aliphatic carbocycles. The summed E-state index contributed by atoms with van der Waals surface area (Å²) in [5.41, 5.74) is 2.94. The van der Waals surface area contributed by atoms with Crippen LogP contribution in [0.25, 0.3) is 0 Å². The summed E-state index contributed by atoms with van der Waals surface area (Å²) in [6, 6.07) is 0. The molecule has 0 bridgehead atoms. The Kier molecular flexibility index (Phi) is 4.84. The molecule has 0 aromatic rings. The SMILES string of the molecule is O=C1C/C=C\C/C(=C\Cl)CCCC1. The van der Waals surface area contributed by atoms with Crippen molar-refractivity contribution in [3.63, 3.8) is 0 Å². The Bertz CT molecular complexity index is 228. The van der Waals surface area contributed by atoms with Crippen LogP contribution in [0, 0.1) is 0 Å². The number of rotatable bonds is 0. The summed E-state index contributed by atoms with van der Waals surface area (Å²) in [6.07, 6.45) is 9.32. The minimum absolute atomic E-state index is 0.356. The fourth-order valence-electron chi connectivity index (χ4n) is 1.43. The molecular formula is C11H15ClO. The number of hydrogen-bond acceptors (Lipinski definition) is 1.